The summed E-state index contributed by atoms with van der Waals surface area (Å²) in [4.78, 5) is 17.5. The minimum atomic E-state index is -0.216. The number of aryl methyl sites for hydroxylation is 1. The van der Waals surface area contributed by atoms with E-state index < -0.39 is 0 Å². The van der Waals surface area contributed by atoms with Crippen molar-refractivity contribution in [3.63, 3.8) is 0 Å². The van der Waals surface area contributed by atoms with Crippen LogP contribution in [0.2, 0.25) is 0 Å². The number of likely N-dealkylation sites (tertiary alicyclic amines) is 1. The summed E-state index contributed by atoms with van der Waals surface area (Å²) in [6, 6.07) is -0.216. The van der Waals surface area contributed by atoms with Gasteiger partial charge in [0, 0.05) is 20.1 Å². The molecule has 0 aliphatic carbocycles. The van der Waals surface area contributed by atoms with E-state index in [0.717, 1.165) is 0 Å². The Hall–Kier alpha value is -1.69. The maximum atomic E-state index is 11.7. The molecule has 17 heavy (non-hydrogen) atoms. The highest BCUT2D eigenvalue weighted by molar-refractivity contribution is 5.87. The van der Waals surface area contributed by atoms with Crippen LogP contribution in [0.15, 0.2) is 17.2 Å². The van der Waals surface area contributed by atoms with Crippen molar-refractivity contribution in [2.24, 2.45) is 0 Å². The molecule has 0 bridgehead atoms. The summed E-state index contributed by atoms with van der Waals surface area (Å²) in [6.45, 7) is 5.76. The van der Waals surface area contributed by atoms with Crippen LogP contribution < -0.4 is 0 Å². The predicted molar refractivity (Wildman–Crippen MR) is 59.1 cm³/mol. The van der Waals surface area contributed by atoms with Crippen LogP contribution in [-0.4, -0.2) is 40.7 Å². The van der Waals surface area contributed by atoms with Crippen LogP contribution in [0.1, 0.15) is 24.2 Å². The summed E-state index contributed by atoms with van der Waals surface area (Å²) in [5.74, 6) is 0.870. The van der Waals surface area contributed by atoms with E-state index in [1.54, 1.807) is 18.9 Å². The summed E-state index contributed by atoms with van der Waals surface area (Å²) in [7, 11) is 1.63. The van der Waals surface area contributed by atoms with Crippen LogP contribution in [0, 0.1) is 6.92 Å². The molecule has 1 aliphatic rings. The molecule has 0 radical (unpaired) electrons. The molecule has 0 spiro atoms. The lowest BCUT2D eigenvalue weighted by Gasteiger charge is -2.19. The molecule has 2 atom stereocenters. The topological polar surface area (TPSA) is 68.5 Å². The molecule has 2 unspecified atom stereocenters. The van der Waals surface area contributed by atoms with Gasteiger partial charge < -0.3 is 14.2 Å². The van der Waals surface area contributed by atoms with Crippen molar-refractivity contribution in [1.29, 1.82) is 0 Å². The van der Waals surface area contributed by atoms with E-state index in [1.807, 2.05) is 0 Å². The fourth-order valence-corrected chi connectivity index (χ4v) is 2.01. The monoisotopic (exact) mass is 237 g/mol. The second-order valence-electron chi connectivity index (χ2n) is 3.98. The molecular formula is C11H15N3O3. The molecule has 1 saturated heterocycles. The van der Waals surface area contributed by atoms with Gasteiger partial charge in [0.2, 0.25) is 11.8 Å². The Balaban J connectivity index is 2.23. The van der Waals surface area contributed by atoms with E-state index in [0.29, 0.717) is 24.7 Å². The third-order valence-corrected chi connectivity index (χ3v) is 2.88. The number of hydrogen-bond acceptors (Lipinski definition) is 5. The van der Waals surface area contributed by atoms with E-state index in [9.17, 15) is 4.79 Å². The lowest BCUT2D eigenvalue weighted by molar-refractivity contribution is -0.127. The zero-order valence-corrected chi connectivity index (χ0v) is 9.92. The van der Waals surface area contributed by atoms with Gasteiger partial charge in [-0.15, -0.1) is 0 Å². The Labute approximate surface area is 99.2 Å². The van der Waals surface area contributed by atoms with Gasteiger partial charge >= 0.3 is 0 Å². The van der Waals surface area contributed by atoms with E-state index in [2.05, 4.69) is 16.7 Å². The van der Waals surface area contributed by atoms with Crippen LogP contribution in [0.3, 0.4) is 0 Å². The van der Waals surface area contributed by atoms with Gasteiger partial charge in [0.05, 0.1) is 6.10 Å². The van der Waals surface area contributed by atoms with Gasteiger partial charge in [-0.2, -0.15) is 4.98 Å². The molecule has 0 saturated carbocycles. The van der Waals surface area contributed by atoms with Gasteiger partial charge in [0.25, 0.3) is 0 Å². The van der Waals surface area contributed by atoms with Gasteiger partial charge in [-0.3, -0.25) is 4.79 Å². The number of ether oxygens (including phenoxy) is 1. The van der Waals surface area contributed by atoms with Crippen LogP contribution in [0.4, 0.5) is 0 Å². The first-order chi connectivity index (χ1) is 8.15. The minimum absolute atomic E-state index is 0.00361. The van der Waals surface area contributed by atoms with Crippen LogP contribution >= 0.6 is 0 Å². The highest BCUT2D eigenvalue weighted by atomic mass is 16.5. The highest BCUT2D eigenvalue weighted by Gasteiger charge is 2.38. The molecule has 1 aromatic heterocycles. The lowest BCUT2D eigenvalue weighted by Crippen LogP contribution is -2.30. The molecule has 1 aromatic rings. The number of carbonyl (C=O) groups excluding carboxylic acids is 1. The number of nitrogens with zero attached hydrogens (tertiary/aromatic N) is 3. The van der Waals surface area contributed by atoms with Crippen molar-refractivity contribution in [1.82, 2.24) is 15.0 Å². The molecule has 1 fully saturated rings. The molecule has 6 heteroatoms. The van der Waals surface area contributed by atoms with Gasteiger partial charge in [0.1, 0.15) is 6.04 Å². The number of methoxy groups -OCH3 is 1. The van der Waals surface area contributed by atoms with Crippen molar-refractivity contribution in [2.75, 3.05) is 13.7 Å². The zero-order valence-electron chi connectivity index (χ0n) is 9.92. The van der Waals surface area contributed by atoms with Crippen molar-refractivity contribution >= 4 is 5.91 Å². The zero-order chi connectivity index (χ0) is 12.4. The van der Waals surface area contributed by atoms with E-state index >= 15 is 0 Å². The van der Waals surface area contributed by atoms with Crippen molar-refractivity contribution in [3.8, 4) is 0 Å². The molecule has 1 amide bonds. The molecule has 1 aliphatic heterocycles. The largest absolute Gasteiger partial charge is 0.380 e. The third kappa shape index (κ3) is 2.21. The van der Waals surface area contributed by atoms with Gasteiger partial charge in [-0.1, -0.05) is 11.7 Å². The number of hydrogen-bond donors (Lipinski definition) is 0. The molecule has 2 heterocycles. The molecule has 0 aromatic carbocycles. The molecule has 2 rings (SSSR count). The van der Waals surface area contributed by atoms with Crippen molar-refractivity contribution in [3.05, 3.63) is 24.4 Å². The van der Waals surface area contributed by atoms with Crippen molar-refractivity contribution in [2.45, 2.75) is 25.5 Å². The first-order valence-electron chi connectivity index (χ1n) is 5.41. The smallest absolute Gasteiger partial charge is 0.249 e. The van der Waals surface area contributed by atoms with Gasteiger partial charge in [-0.25, -0.2) is 0 Å². The van der Waals surface area contributed by atoms with Crippen molar-refractivity contribution < 1.29 is 14.1 Å². The normalized spacial score (nSPS) is 24.0. The van der Waals surface area contributed by atoms with Gasteiger partial charge in [0.15, 0.2) is 5.82 Å². The first kappa shape index (κ1) is 11.8. The predicted octanol–water partition coefficient (Wildman–Crippen LogP) is 0.852. The number of aromatic nitrogens is 2. The van der Waals surface area contributed by atoms with Gasteiger partial charge in [-0.05, 0) is 13.0 Å². The Morgan fingerprint density at radius 2 is 2.47 bits per heavy atom. The molecular weight excluding hydrogens is 222 g/mol. The van der Waals surface area contributed by atoms with Crippen LogP contribution in [0.25, 0.3) is 0 Å². The molecule has 92 valence electrons. The lowest BCUT2D eigenvalue weighted by atomic mass is 10.2. The summed E-state index contributed by atoms with van der Waals surface area (Å²) < 4.78 is 10.4. The quantitative estimate of drug-likeness (QED) is 0.729. The van der Waals surface area contributed by atoms with E-state index in [1.165, 1.54) is 6.08 Å². The standard InChI is InChI=1S/C11H15N3O3/c1-4-10(15)14-6-8(16-3)5-9(14)11-12-7(2)13-17-11/h4,8-9H,1,5-6H2,2-3H3. The molecule has 0 N–H and O–H groups in total. The van der Waals surface area contributed by atoms with Crippen LogP contribution in [-0.2, 0) is 9.53 Å². The Kier molecular flexibility index (Phi) is 3.23. The Morgan fingerprint density at radius 3 is 3.00 bits per heavy atom. The summed E-state index contributed by atoms with van der Waals surface area (Å²) >= 11 is 0. The summed E-state index contributed by atoms with van der Waals surface area (Å²) in [5.41, 5.74) is 0. The highest BCUT2D eigenvalue weighted by Crippen LogP contribution is 2.32. The fraction of sp³-hybridized carbons (Fsp3) is 0.545. The summed E-state index contributed by atoms with van der Waals surface area (Å²) in [5, 5.41) is 3.74. The Morgan fingerprint density at radius 1 is 1.71 bits per heavy atom. The maximum absolute atomic E-state index is 11.7. The minimum Gasteiger partial charge on any atom is -0.380 e. The van der Waals surface area contributed by atoms with E-state index in [-0.39, 0.29) is 18.1 Å². The third-order valence-electron chi connectivity index (χ3n) is 2.88. The fourth-order valence-electron chi connectivity index (χ4n) is 2.01. The SMILES string of the molecule is C=CC(=O)N1CC(OC)CC1c1nc(C)no1. The molecule has 6 nitrogen and oxygen atoms in total. The number of rotatable bonds is 3. The average molecular weight is 237 g/mol. The second-order valence-corrected chi connectivity index (χ2v) is 3.98. The van der Waals surface area contributed by atoms with E-state index in [4.69, 9.17) is 9.26 Å². The Bertz CT molecular complexity index is 429. The summed E-state index contributed by atoms with van der Waals surface area (Å²) in [6.07, 6.45) is 1.95. The average Bonchev–Trinajstić information content (AvgIpc) is 2.93. The van der Waals surface area contributed by atoms with Crippen LogP contribution in [0.5, 0.6) is 0 Å². The first-order valence-corrected chi connectivity index (χ1v) is 5.41. The second kappa shape index (κ2) is 4.67. The number of amides is 1. The number of carbonyl (C=O) groups is 1. The maximum Gasteiger partial charge on any atom is 0.249 e.